The van der Waals surface area contributed by atoms with Crippen LogP contribution in [-0.4, -0.2) is 19.9 Å². The van der Waals surface area contributed by atoms with Crippen LogP contribution in [0.4, 0.5) is 4.39 Å². The summed E-state index contributed by atoms with van der Waals surface area (Å²) in [5.41, 5.74) is 8.19. The molecule has 2 N–H and O–H groups in total. The number of nitrogens with two attached hydrogens (primary N) is 1. The van der Waals surface area contributed by atoms with Crippen LogP contribution < -0.4 is 5.73 Å². The van der Waals surface area contributed by atoms with Crippen molar-refractivity contribution < 1.29 is 12.8 Å². The van der Waals surface area contributed by atoms with E-state index < -0.39 is 15.4 Å². The Labute approximate surface area is 125 Å². The van der Waals surface area contributed by atoms with Crippen molar-refractivity contribution >= 4 is 9.84 Å². The van der Waals surface area contributed by atoms with Crippen LogP contribution in [0.25, 0.3) is 0 Å². The standard InChI is InChI=1S/C16H22FNO2S/c1-21(19,20)14-4-2-3-12(10-14)16(18)8-7-11-9-13(17)5-6-15(11)16/h5-6,9,12,14H,2-4,7-8,10,18H2,1H3. The second-order valence-electron chi connectivity index (χ2n) is 6.66. The van der Waals surface area contributed by atoms with E-state index in [-0.39, 0.29) is 17.0 Å². The third-order valence-electron chi connectivity index (χ3n) is 5.34. The molecule has 3 rings (SSSR count). The smallest absolute Gasteiger partial charge is 0.150 e. The minimum absolute atomic E-state index is 0.165. The van der Waals surface area contributed by atoms with Gasteiger partial charge in [-0.3, -0.25) is 0 Å². The van der Waals surface area contributed by atoms with Gasteiger partial charge in [-0.1, -0.05) is 12.5 Å². The monoisotopic (exact) mass is 311 g/mol. The minimum atomic E-state index is -3.01. The molecule has 116 valence electrons. The molecule has 1 fully saturated rings. The van der Waals surface area contributed by atoms with Gasteiger partial charge in [-0.25, -0.2) is 12.8 Å². The fourth-order valence-corrected chi connectivity index (χ4v) is 5.30. The zero-order valence-corrected chi connectivity index (χ0v) is 13.1. The average molecular weight is 311 g/mol. The highest BCUT2D eigenvalue weighted by atomic mass is 32.2. The summed E-state index contributed by atoms with van der Waals surface area (Å²) in [6.45, 7) is 0. The number of benzene rings is 1. The maximum Gasteiger partial charge on any atom is 0.150 e. The van der Waals surface area contributed by atoms with Crippen molar-refractivity contribution in [3.05, 3.63) is 35.1 Å². The van der Waals surface area contributed by atoms with Crippen molar-refractivity contribution in [2.24, 2.45) is 11.7 Å². The van der Waals surface area contributed by atoms with E-state index in [1.807, 2.05) is 0 Å². The van der Waals surface area contributed by atoms with Crippen LogP contribution in [0.5, 0.6) is 0 Å². The number of fused-ring (bicyclic) bond motifs is 1. The third kappa shape index (κ3) is 2.61. The number of hydrogen-bond acceptors (Lipinski definition) is 3. The van der Waals surface area contributed by atoms with Crippen molar-refractivity contribution in [1.29, 1.82) is 0 Å². The normalized spacial score (nSPS) is 32.9. The molecule has 3 atom stereocenters. The van der Waals surface area contributed by atoms with E-state index in [1.165, 1.54) is 12.3 Å². The van der Waals surface area contributed by atoms with Gasteiger partial charge in [0.2, 0.25) is 0 Å². The molecule has 3 nitrogen and oxygen atoms in total. The first-order valence-corrected chi connectivity index (χ1v) is 9.53. The van der Waals surface area contributed by atoms with E-state index in [0.29, 0.717) is 6.42 Å². The fraction of sp³-hybridized carbons (Fsp3) is 0.625. The number of rotatable bonds is 2. The molecule has 1 aromatic rings. The average Bonchev–Trinajstić information content (AvgIpc) is 2.76. The van der Waals surface area contributed by atoms with Gasteiger partial charge in [0.15, 0.2) is 0 Å². The van der Waals surface area contributed by atoms with Crippen LogP contribution in [0.2, 0.25) is 0 Å². The lowest BCUT2D eigenvalue weighted by Crippen LogP contribution is -2.46. The van der Waals surface area contributed by atoms with Crippen LogP contribution >= 0.6 is 0 Å². The predicted molar refractivity (Wildman–Crippen MR) is 81.2 cm³/mol. The minimum Gasteiger partial charge on any atom is -0.321 e. The van der Waals surface area contributed by atoms with E-state index in [2.05, 4.69) is 0 Å². The van der Waals surface area contributed by atoms with E-state index in [9.17, 15) is 12.8 Å². The molecule has 0 spiro atoms. The van der Waals surface area contributed by atoms with E-state index in [1.54, 1.807) is 12.1 Å². The molecule has 2 aliphatic carbocycles. The molecular formula is C16H22FNO2S. The molecule has 0 bridgehead atoms. The van der Waals surface area contributed by atoms with E-state index in [0.717, 1.165) is 43.2 Å². The molecule has 1 aromatic carbocycles. The SMILES string of the molecule is CS(=O)(=O)C1CCCC(C2(N)CCc3cc(F)ccc32)C1. The maximum atomic E-state index is 13.4. The highest BCUT2D eigenvalue weighted by molar-refractivity contribution is 7.91. The summed E-state index contributed by atoms with van der Waals surface area (Å²) in [6.07, 6.45) is 6.11. The van der Waals surface area contributed by atoms with Crippen LogP contribution in [0, 0.1) is 11.7 Å². The summed E-state index contributed by atoms with van der Waals surface area (Å²) in [4.78, 5) is 0. The Bertz CT molecular complexity index is 658. The lowest BCUT2D eigenvalue weighted by molar-refractivity contribution is 0.207. The summed E-state index contributed by atoms with van der Waals surface area (Å²) < 4.78 is 37.1. The third-order valence-corrected chi connectivity index (χ3v) is 6.98. The molecule has 0 amide bonds. The van der Waals surface area contributed by atoms with Crippen LogP contribution in [0.15, 0.2) is 18.2 Å². The zero-order chi connectivity index (χ0) is 15.3. The molecule has 5 heteroatoms. The molecular weight excluding hydrogens is 289 g/mol. The van der Waals surface area contributed by atoms with Crippen LogP contribution in [-0.2, 0) is 21.8 Å². The fourth-order valence-electron chi connectivity index (χ4n) is 4.13. The van der Waals surface area contributed by atoms with E-state index in [4.69, 9.17) is 5.73 Å². The molecule has 3 unspecified atom stereocenters. The Morgan fingerprint density at radius 3 is 2.81 bits per heavy atom. The summed E-state index contributed by atoms with van der Waals surface area (Å²) in [7, 11) is -3.01. The summed E-state index contributed by atoms with van der Waals surface area (Å²) in [5, 5.41) is -0.277. The van der Waals surface area contributed by atoms with Gasteiger partial charge in [-0.15, -0.1) is 0 Å². The lowest BCUT2D eigenvalue weighted by Gasteiger charge is -2.40. The van der Waals surface area contributed by atoms with Gasteiger partial charge in [0.05, 0.1) is 5.25 Å². The first-order chi connectivity index (χ1) is 9.80. The quantitative estimate of drug-likeness (QED) is 0.913. The highest BCUT2D eigenvalue weighted by Crippen LogP contribution is 2.46. The largest absolute Gasteiger partial charge is 0.321 e. The summed E-state index contributed by atoms with van der Waals surface area (Å²) in [5.74, 6) is -0.0617. The molecule has 0 aromatic heterocycles. The maximum absolute atomic E-state index is 13.4. The van der Waals surface area contributed by atoms with Gasteiger partial charge in [-0.05, 0) is 61.3 Å². The van der Waals surface area contributed by atoms with Crippen LogP contribution in [0.1, 0.15) is 43.2 Å². The molecule has 0 saturated heterocycles. The predicted octanol–water partition coefficient (Wildman–Crippen LogP) is 2.53. The molecule has 1 saturated carbocycles. The Hall–Kier alpha value is -0.940. The number of hydrogen-bond donors (Lipinski definition) is 1. The van der Waals surface area contributed by atoms with Crippen molar-refractivity contribution in [1.82, 2.24) is 0 Å². The topological polar surface area (TPSA) is 60.2 Å². The lowest BCUT2D eigenvalue weighted by atomic mass is 9.72. The molecule has 0 radical (unpaired) electrons. The van der Waals surface area contributed by atoms with Crippen molar-refractivity contribution in [3.63, 3.8) is 0 Å². The van der Waals surface area contributed by atoms with Gasteiger partial charge in [0, 0.05) is 11.8 Å². The van der Waals surface area contributed by atoms with Gasteiger partial charge >= 0.3 is 0 Å². The molecule has 0 aliphatic heterocycles. The van der Waals surface area contributed by atoms with Gasteiger partial charge < -0.3 is 5.73 Å². The number of aryl methyl sites for hydroxylation is 1. The molecule has 0 heterocycles. The van der Waals surface area contributed by atoms with Crippen molar-refractivity contribution in [3.8, 4) is 0 Å². The Morgan fingerprint density at radius 2 is 2.10 bits per heavy atom. The zero-order valence-electron chi connectivity index (χ0n) is 12.3. The second kappa shape index (κ2) is 5.06. The summed E-state index contributed by atoms with van der Waals surface area (Å²) in [6, 6.07) is 4.82. The Balaban J connectivity index is 1.91. The summed E-state index contributed by atoms with van der Waals surface area (Å²) >= 11 is 0. The first-order valence-electron chi connectivity index (χ1n) is 7.57. The first kappa shape index (κ1) is 15.0. The second-order valence-corrected chi connectivity index (χ2v) is 8.98. The van der Waals surface area contributed by atoms with Gasteiger partial charge in [0.25, 0.3) is 0 Å². The Kier molecular flexibility index (Phi) is 3.61. The highest BCUT2D eigenvalue weighted by Gasteiger charge is 2.44. The Morgan fingerprint density at radius 1 is 1.33 bits per heavy atom. The number of sulfone groups is 1. The van der Waals surface area contributed by atoms with Crippen LogP contribution in [0.3, 0.4) is 0 Å². The van der Waals surface area contributed by atoms with Gasteiger partial charge in [0.1, 0.15) is 15.7 Å². The van der Waals surface area contributed by atoms with Gasteiger partial charge in [-0.2, -0.15) is 0 Å². The number of halogens is 1. The van der Waals surface area contributed by atoms with Crippen molar-refractivity contribution in [2.75, 3.05) is 6.26 Å². The van der Waals surface area contributed by atoms with E-state index >= 15 is 0 Å². The van der Waals surface area contributed by atoms with Crippen molar-refractivity contribution in [2.45, 2.75) is 49.3 Å². The molecule has 21 heavy (non-hydrogen) atoms. The molecule has 2 aliphatic rings.